The molecule has 5 rings (SSSR count). The minimum Gasteiger partial charge on any atom is -0.505 e. The van der Waals surface area contributed by atoms with Crippen LogP contribution in [0.2, 0.25) is 10.0 Å². The van der Waals surface area contributed by atoms with Crippen LogP contribution in [0, 0.1) is 5.82 Å². The van der Waals surface area contributed by atoms with Gasteiger partial charge in [-0.15, -0.1) is 0 Å². The number of para-hydroxylation sites is 1. The predicted molar refractivity (Wildman–Crippen MR) is 167 cm³/mol. The summed E-state index contributed by atoms with van der Waals surface area (Å²) in [4.78, 5) is 12.5. The summed E-state index contributed by atoms with van der Waals surface area (Å²) in [6.07, 6.45) is 0. The Kier molecular flexibility index (Phi) is 9.13. The Balaban J connectivity index is 1.53. The van der Waals surface area contributed by atoms with E-state index in [-0.39, 0.29) is 23.7 Å². The van der Waals surface area contributed by atoms with Crippen LogP contribution in [0.25, 0.3) is 11.1 Å². The van der Waals surface area contributed by atoms with Crippen molar-refractivity contribution in [3.05, 3.63) is 148 Å². The monoisotopic (exact) mass is 634 g/mol. The van der Waals surface area contributed by atoms with Gasteiger partial charge in [0.25, 0.3) is 5.91 Å². The van der Waals surface area contributed by atoms with Crippen LogP contribution in [-0.4, -0.2) is 23.7 Å². The molecule has 1 amide bonds. The van der Waals surface area contributed by atoms with E-state index in [9.17, 15) is 22.7 Å². The minimum atomic E-state index is -4.47. The number of carbonyl (C=O) groups excluding carboxylic acids is 1. The van der Waals surface area contributed by atoms with Gasteiger partial charge in [-0.25, -0.2) is 12.8 Å². The number of carbonyl (C=O) groups is 1. The molecule has 0 aliphatic rings. The maximum absolute atomic E-state index is 14.2. The summed E-state index contributed by atoms with van der Waals surface area (Å²) >= 11 is 12.3. The summed E-state index contributed by atoms with van der Waals surface area (Å²) in [5.74, 6) is -1.75. The fraction of sp³-hybridized carbons (Fsp3) is 0.0606. The Morgan fingerprint density at radius 1 is 0.767 bits per heavy atom. The molecular weight excluding hydrogens is 610 g/mol. The number of aromatic hydroxyl groups is 1. The van der Waals surface area contributed by atoms with Crippen molar-refractivity contribution in [2.75, 3.05) is 5.32 Å². The standard InChI is InChI=1S/C33H25Cl2FN2O4S/c34-27-13-11-24(12-14-27)25-6-4-5-23(17-25)21-38(20-22-9-15-28(36)16-10-22)43(41,42)31-19-26(18-30(35)32(31)39)33(40)37-29-7-2-1-3-8-29/h1-19,39H,20-21H2,(H,37,40). The molecule has 10 heteroatoms. The molecule has 5 aromatic rings. The van der Waals surface area contributed by atoms with E-state index < -0.39 is 32.4 Å². The van der Waals surface area contributed by atoms with Crippen LogP contribution < -0.4 is 5.32 Å². The second kappa shape index (κ2) is 13.0. The van der Waals surface area contributed by atoms with Gasteiger partial charge in [-0.05, 0) is 76.9 Å². The minimum absolute atomic E-state index is 0.0586. The number of nitrogens with one attached hydrogen (secondary N) is 1. The summed E-state index contributed by atoms with van der Waals surface area (Å²) < 4.78 is 43.2. The number of rotatable bonds is 9. The van der Waals surface area contributed by atoms with Crippen LogP contribution >= 0.6 is 23.2 Å². The molecular formula is C33H25Cl2FN2O4S. The molecule has 0 fully saturated rings. The molecule has 0 unspecified atom stereocenters. The van der Waals surface area contributed by atoms with Gasteiger partial charge < -0.3 is 10.4 Å². The topological polar surface area (TPSA) is 86.7 Å². The van der Waals surface area contributed by atoms with Crippen molar-refractivity contribution in [2.45, 2.75) is 18.0 Å². The average Bonchev–Trinajstić information content (AvgIpc) is 3.00. The first-order chi connectivity index (χ1) is 20.6. The highest BCUT2D eigenvalue weighted by molar-refractivity contribution is 7.89. The van der Waals surface area contributed by atoms with Gasteiger partial charge in [0.1, 0.15) is 10.7 Å². The normalized spacial score (nSPS) is 11.4. The molecule has 0 saturated carbocycles. The Hall–Kier alpha value is -4.21. The maximum Gasteiger partial charge on any atom is 0.255 e. The van der Waals surface area contributed by atoms with Crippen molar-refractivity contribution < 1.29 is 22.7 Å². The van der Waals surface area contributed by atoms with E-state index in [0.29, 0.717) is 21.8 Å². The molecule has 0 saturated heterocycles. The number of sulfonamides is 1. The number of benzene rings is 5. The fourth-order valence-electron chi connectivity index (χ4n) is 4.48. The summed E-state index contributed by atoms with van der Waals surface area (Å²) in [5, 5.41) is 13.8. The quantitative estimate of drug-likeness (QED) is 0.171. The predicted octanol–water partition coefficient (Wildman–Crippen LogP) is 8.15. The van der Waals surface area contributed by atoms with Crippen LogP contribution in [0.1, 0.15) is 21.5 Å². The van der Waals surface area contributed by atoms with E-state index in [2.05, 4.69) is 5.32 Å². The van der Waals surface area contributed by atoms with E-state index in [4.69, 9.17) is 23.2 Å². The van der Waals surface area contributed by atoms with Crippen LogP contribution in [0.3, 0.4) is 0 Å². The zero-order valence-electron chi connectivity index (χ0n) is 22.5. The van der Waals surface area contributed by atoms with Crippen LogP contribution in [0.4, 0.5) is 10.1 Å². The Labute approximate surface area is 259 Å². The zero-order chi connectivity index (χ0) is 30.6. The van der Waals surface area contributed by atoms with Crippen LogP contribution in [0.5, 0.6) is 5.75 Å². The van der Waals surface area contributed by atoms with Crippen molar-refractivity contribution in [1.82, 2.24) is 4.31 Å². The van der Waals surface area contributed by atoms with E-state index in [1.54, 1.807) is 48.5 Å². The van der Waals surface area contributed by atoms with Gasteiger partial charge in [-0.1, -0.05) is 83.9 Å². The van der Waals surface area contributed by atoms with Gasteiger partial charge in [0.2, 0.25) is 10.0 Å². The van der Waals surface area contributed by atoms with Crippen LogP contribution in [0.15, 0.2) is 120 Å². The zero-order valence-corrected chi connectivity index (χ0v) is 24.9. The first kappa shape index (κ1) is 30.3. The van der Waals surface area contributed by atoms with Crippen molar-refractivity contribution in [1.29, 1.82) is 0 Å². The number of anilines is 1. The molecule has 0 aliphatic carbocycles. The van der Waals surface area contributed by atoms with Gasteiger partial charge in [0, 0.05) is 29.4 Å². The summed E-state index contributed by atoms with van der Waals surface area (Å²) in [6.45, 7) is -0.246. The maximum atomic E-state index is 14.2. The Morgan fingerprint density at radius 2 is 1.44 bits per heavy atom. The molecule has 0 bridgehead atoms. The van der Waals surface area contributed by atoms with Crippen molar-refractivity contribution >= 4 is 44.8 Å². The van der Waals surface area contributed by atoms with Gasteiger partial charge >= 0.3 is 0 Å². The molecule has 218 valence electrons. The first-order valence-corrected chi connectivity index (χ1v) is 15.3. The Morgan fingerprint density at radius 3 is 2.14 bits per heavy atom. The van der Waals surface area contributed by atoms with E-state index in [1.807, 2.05) is 30.3 Å². The third-order valence-electron chi connectivity index (χ3n) is 6.68. The molecule has 0 aromatic heterocycles. The highest BCUT2D eigenvalue weighted by atomic mass is 35.5. The number of halogens is 3. The highest BCUT2D eigenvalue weighted by Gasteiger charge is 2.30. The molecule has 0 spiro atoms. The van der Waals surface area contributed by atoms with Gasteiger partial charge in [0.05, 0.1) is 5.02 Å². The lowest BCUT2D eigenvalue weighted by Crippen LogP contribution is -2.30. The number of hydrogen-bond acceptors (Lipinski definition) is 4. The number of phenolic OH excluding ortho intramolecular Hbond substituents is 1. The Bertz CT molecular complexity index is 1870. The highest BCUT2D eigenvalue weighted by Crippen LogP contribution is 2.36. The molecule has 0 aliphatic heterocycles. The molecule has 0 atom stereocenters. The number of hydrogen-bond donors (Lipinski definition) is 2. The van der Waals surface area contributed by atoms with E-state index in [0.717, 1.165) is 21.5 Å². The number of phenols is 1. The smallest absolute Gasteiger partial charge is 0.255 e. The fourth-order valence-corrected chi connectivity index (χ4v) is 6.43. The molecule has 43 heavy (non-hydrogen) atoms. The molecule has 2 N–H and O–H groups in total. The third kappa shape index (κ3) is 7.24. The van der Waals surface area contributed by atoms with Gasteiger partial charge in [0.15, 0.2) is 5.75 Å². The van der Waals surface area contributed by atoms with Gasteiger partial charge in [-0.2, -0.15) is 4.31 Å². The summed E-state index contributed by atoms with van der Waals surface area (Å²) in [7, 11) is -4.47. The van der Waals surface area contributed by atoms with Crippen molar-refractivity contribution in [2.24, 2.45) is 0 Å². The lowest BCUT2D eigenvalue weighted by molar-refractivity contribution is 0.102. The van der Waals surface area contributed by atoms with E-state index >= 15 is 0 Å². The summed E-state index contributed by atoms with van der Waals surface area (Å²) in [5.41, 5.74) is 3.35. The van der Waals surface area contributed by atoms with Gasteiger partial charge in [-0.3, -0.25) is 4.79 Å². The lowest BCUT2D eigenvalue weighted by atomic mass is 10.0. The molecule has 5 aromatic carbocycles. The second-order valence-corrected chi connectivity index (χ2v) is 12.5. The second-order valence-electron chi connectivity index (χ2n) is 9.73. The number of amides is 1. The van der Waals surface area contributed by atoms with Crippen molar-refractivity contribution in [3.63, 3.8) is 0 Å². The number of nitrogens with zero attached hydrogens (tertiary/aromatic N) is 1. The SMILES string of the molecule is O=C(Nc1ccccc1)c1cc(Cl)c(O)c(S(=O)(=O)N(Cc2ccc(F)cc2)Cc2cccc(-c3ccc(Cl)cc3)c2)c1. The summed E-state index contributed by atoms with van der Waals surface area (Å²) in [6, 6.07) is 31.0. The molecule has 0 radical (unpaired) electrons. The first-order valence-electron chi connectivity index (χ1n) is 13.1. The molecule has 6 nitrogen and oxygen atoms in total. The van der Waals surface area contributed by atoms with Crippen molar-refractivity contribution in [3.8, 4) is 16.9 Å². The average molecular weight is 636 g/mol. The van der Waals surface area contributed by atoms with Crippen LogP contribution in [-0.2, 0) is 23.1 Å². The lowest BCUT2D eigenvalue weighted by Gasteiger charge is -2.24. The largest absolute Gasteiger partial charge is 0.505 e. The molecule has 0 heterocycles. The third-order valence-corrected chi connectivity index (χ3v) is 9.02. The van der Waals surface area contributed by atoms with E-state index in [1.165, 1.54) is 30.3 Å².